The molecule has 2 heteroatoms. The molecule has 1 atom stereocenters. The van der Waals surface area contributed by atoms with Crippen LogP contribution >= 0.6 is 0 Å². The summed E-state index contributed by atoms with van der Waals surface area (Å²) in [4.78, 5) is 0.859. The molecule has 0 saturated carbocycles. The molecule has 0 spiro atoms. The van der Waals surface area contributed by atoms with Crippen molar-refractivity contribution >= 4 is 10.8 Å². The first-order valence-electron chi connectivity index (χ1n) is 6.28. The predicted molar refractivity (Wildman–Crippen MR) is 77.7 cm³/mol. The lowest BCUT2D eigenvalue weighted by molar-refractivity contribution is 0.688. The average Bonchev–Trinajstić information content (AvgIpc) is 2.93. The van der Waals surface area contributed by atoms with Gasteiger partial charge in [0.2, 0.25) is 0 Å². The van der Waals surface area contributed by atoms with Crippen LogP contribution in [0.2, 0.25) is 0 Å². The van der Waals surface area contributed by atoms with E-state index >= 15 is 0 Å². The molecule has 1 aliphatic rings. The van der Waals surface area contributed by atoms with Crippen LogP contribution in [0.15, 0.2) is 70.5 Å². The van der Waals surface area contributed by atoms with E-state index in [0.29, 0.717) is 0 Å². The summed E-state index contributed by atoms with van der Waals surface area (Å²) in [5.74, 6) is 0. The van der Waals surface area contributed by atoms with Crippen molar-refractivity contribution in [2.75, 3.05) is 0 Å². The van der Waals surface area contributed by atoms with E-state index in [4.69, 9.17) is 0 Å². The maximum atomic E-state index is 12.3. The molecule has 0 bridgehead atoms. The van der Waals surface area contributed by atoms with Gasteiger partial charge in [0.05, 0.1) is 10.8 Å². The van der Waals surface area contributed by atoms with Gasteiger partial charge in [-0.05, 0) is 49.0 Å². The Balaban J connectivity index is 2.22. The minimum absolute atomic E-state index is 0.796. The molecule has 0 amide bonds. The van der Waals surface area contributed by atoms with Gasteiger partial charge < -0.3 is 0 Å². The minimum Gasteiger partial charge on any atom is -0.250 e. The van der Waals surface area contributed by atoms with Crippen LogP contribution in [-0.2, 0) is 10.8 Å². The van der Waals surface area contributed by atoms with Crippen LogP contribution in [0.25, 0.3) is 0 Å². The summed E-state index contributed by atoms with van der Waals surface area (Å²) in [6, 6.07) is 9.59. The van der Waals surface area contributed by atoms with Crippen molar-refractivity contribution in [2.24, 2.45) is 0 Å². The second kappa shape index (κ2) is 6.50. The van der Waals surface area contributed by atoms with Gasteiger partial charge in [0, 0.05) is 10.3 Å². The fraction of sp³-hybridized carbons (Fsp3) is 0.250. The first-order valence-corrected chi connectivity index (χ1v) is 7.49. The van der Waals surface area contributed by atoms with Crippen molar-refractivity contribution in [2.45, 2.75) is 30.6 Å². The van der Waals surface area contributed by atoms with E-state index in [2.05, 4.69) is 12.7 Å². The summed E-state index contributed by atoms with van der Waals surface area (Å²) >= 11 is 0. The molecule has 18 heavy (non-hydrogen) atoms. The lowest BCUT2D eigenvalue weighted by atomic mass is 10.0. The quantitative estimate of drug-likeness (QED) is 0.717. The summed E-state index contributed by atoms with van der Waals surface area (Å²) in [7, 11) is -1.06. The Hall–Kier alpha value is -1.41. The maximum Gasteiger partial charge on any atom is 0.0778 e. The Labute approximate surface area is 111 Å². The lowest BCUT2D eigenvalue weighted by Gasteiger charge is -2.06. The third kappa shape index (κ3) is 3.30. The zero-order valence-electron chi connectivity index (χ0n) is 10.5. The molecule has 0 heterocycles. The molecular formula is C16H18OS. The van der Waals surface area contributed by atoms with Gasteiger partial charge in [-0.2, -0.15) is 0 Å². The monoisotopic (exact) mass is 258 g/mol. The van der Waals surface area contributed by atoms with Crippen LogP contribution in [0.1, 0.15) is 25.7 Å². The number of hydrogen-bond donors (Lipinski definition) is 0. The summed E-state index contributed by atoms with van der Waals surface area (Å²) < 4.78 is 12.3. The van der Waals surface area contributed by atoms with Crippen molar-refractivity contribution in [3.05, 3.63) is 65.6 Å². The third-order valence-corrected chi connectivity index (χ3v) is 4.28. The number of benzene rings is 1. The topological polar surface area (TPSA) is 17.1 Å². The summed E-state index contributed by atoms with van der Waals surface area (Å²) in [6.07, 6.45) is 8.39. The SMILES string of the molecule is C=CC/C(=C\S(=O)c1ccccc1)C1=CCCC1. The highest BCUT2D eigenvalue weighted by Gasteiger charge is 2.10. The van der Waals surface area contributed by atoms with E-state index in [1.165, 1.54) is 17.6 Å². The van der Waals surface area contributed by atoms with Gasteiger partial charge in [-0.3, -0.25) is 0 Å². The Bertz CT molecular complexity index is 497. The van der Waals surface area contributed by atoms with Gasteiger partial charge in [-0.1, -0.05) is 30.4 Å². The first-order chi connectivity index (χ1) is 8.81. The summed E-state index contributed by atoms with van der Waals surface area (Å²) in [6.45, 7) is 3.78. The second-order valence-electron chi connectivity index (χ2n) is 4.37. The molecule has 0 radical (unpaired) electrons. The summed E-state index contributed by atoms with van der Waals surface area (Å²) in [5.41, 5.74) is 2.52. The molecule has 1 aromatic carbocycles. The third-order valence-electron chi connectivity index (χ3n) is 3.04. The molecule has 0 aliphatic heterocycles. The van der Waals surface area contributed by atoms with E-state index in [1.54, 1.807) is 0 Å². The van der Waals surface area contributed by atoms with Gasteiger partial charge in [0.1, 0.15) is 0 Å². The molecular weight excluding hydrogens is 240 g/mol. The van der Waals surface area contributed by atoms with Gasteiger partial charge in [-0.15, -0.1) is 6.58 Å². The zero-order chi connectivity index (χ0) is 12.8. The van der Waals surface area contributed by atoms with Crippen LogP contribution in [0, 0.1) is 0 Å². The largest absolute Gasteiger partial charge is 0.250 e. The molecule has 94 valence electrons. The smallest absolute Gasteiger partial charge is 0.0778 e. The van der Waals surface area contributed by atoms with Crippen LogP contribution < -0.4 is 0 Å². The zero-order valence-corrected chi connectivity index (χ0v) is 11.3. The molecule has 0 saturated heterocycles. The Morgan fingerprint density at radius 2 is 2.11 bits per heavy atom. The van der Waals surface area contributed by atoms with Crippen molar-refractivity contribution in [1.82, 2.24) is 0 Å². The molecule has 1 nitrogen and oxygen atoms in total. The van der Waals surface area contributed by atoms with E-state index in [0.717, 1.165) is 24.2 Å². The fourth-order valence-electron chi connectivity index (χ4n) is 2.12. The Morgan fingerprint density at radius 1 is 1.33 bits per heavy atom. The fourth-order valence-corrected chi connectivity index (χ4v) is 3.19. The second-order valence-corrected chi connectivity index (χ2v) is 5.67. The highest BCUT2D eigenvalue weighted by molar-refractivity contribution is 7.88. The van der Waals surface area contributed by atoms with Crippen molar-refractivity contribution in [3.63, 3.8) is 0 Å². The van der Waals surface area contributed by atoms with Crippen molar-refractivity contribution in [1.29, 1.82) is 0 Å². The van der Waals surface area contributed by atoms with E-state index in [1.807, 2.05) is 41.8 Å². The van der Waals surface area contributed by atoms with Gasteiger partial charge in [0.15, 0.2) is 0 Å². The molecule has 1 aliphatic carbocycles. The Kier molecular flexibility index (Phi) is 4.71. The molecule has 1 unspecified atom stereocenters. The molecule has 1 aromatic rings. The van der Waals surface area contributed by atoms with E-state index in [-0.39, 0.29) is 0 Å². The van der Waals surface area contributed by atoms with Crippen molar-refractivity contribution < 1.29 is 4.21 Å². The van der Waals surface area contributed by atoms with Crippen molar-refractivity contribution in [3.8, 4) is 0 Å². The first kappa shape index (κ1) is 13.0. The standard InChI is InChI=1S/C16H18OS/c1-2-8-15(14-9-6-7-10-14)13-18(17)16-11-4-3-5-12-16/h2-5,9,11-13H,1,6-8,10H2/b15-13+. The summed E-state index contributed by atoms with van der Waals surface area (Å²) in [5, 5.41) is 1.88. The van der Waals surface area contributed by atoms with Gasteiger partial charge in [-0.25, -0.2) is 4.21 Å². The van der Waals surface area contributed by atoms with Crippen LogP contribution in [-0.4, -0.2) is 4.21 Å². The number of hydrogen-bond acceptors (Lipinski definition) is 1. The minimum atomic E-state index is -1.06. The van der Waals surface area contributed by atoms with E-state index < -0.39 is 10.8 Å². The highest BCUT2D eigenvalue weighted by atomic mass is 32.2. The Morgan fingerprint density at radius 3 is 2.72 bits per heavy atom. The molecule has 0 fully saturated rings. The average molecular weight is 258 g/mol. The normalized spacial score (nSPS) is 17.3. The lowest BCUT2D eigenvalue weighted by Crippen LogP contribution is -1.92. The van der Waals surface area contributed by atoms with Crippen LogP contribution in [0.4, 0.5) is 0 Å². The maximum absolute atomic E-state index is 12.3. The van der Waals surface area contributed by atoms with Crippen LogP contribution in [0.3, 0.4) is 0 Å². The molecule has 2 rings (SSSR count). The predicted octanol–water partition coefficient (Wildman–Crippen LogP) is 4.36. The van der Waals surface area contributed by atoms with Crippen LogP contribution in [0.5, 0.6) is 0 Å². The van der Waals surface area contributed by atoms with E-state index in [9.17, 15) is 4.21 Å². The number of rotatable bonds is 5. The molecule has 0 aromatic heterocycles. The van der Waals surface area contributed by atoms with Gasteiger partial charge >= 0.3 is 0 Å². The highest BCUT2D eigenvalue weighted by Crippen LogP contribution is 2.28. The van der Waals surface area contributed by atoms with Gasteiger partial charge in [0.25, 0.3) is 0 Å². The molecule has 0 N–H and O–H groups in total. The number of allylic oxidation sites excluding steroid dienone is 4.